The highest BCUT2D eigenvalue weighted by atomic mass is 35.5. The highest BCUT2D eigenvalue weighted by Gasteiger charge is 2.13. The molecule has 1 aromatic carbocycles. The van der Waals surface area contributed by atoms with Gasteiger partial charge in [0, 0.05) is 12.0 Å². The molecule has 98 valence electrons. The van der Waals surface area contributed by atoms with Gasteiger partial charge in [-0.05, 0) is 19.1 Å². The van der Waals surface area contributed by atoms with Crippen molar-refractivity contribution in [1.29, 1.82) is 0 Å². The van der Waals surface area contributed by atoms with Gasteiger partial charge in [0.1, 0.15) is 0 Å². The SMILES string of the molecule is CCOC(=O)CCC(=O)c1cc(Cl)c(Cl)c(Cl)c1. The van der Waals surface area contributed by atoms with E-state index in [4.69, 9.17) is 39.5 Å². The van der Waals surface area contributed by atoms with E-state index in [9.17, 15) is 9.59 Å². The zero-order valence-electron chi connectivity index (χ0n) is 9.63. The molecule has 0 aromatic heterocycles. The molecule has 0 unspecified atom stereocenters. The minimum absolute atomic E-state index is 0.0323. The van der Waals surface area contributed by atoms with Gasteiger partial charge >= 0.3 is 5.97 Å². The molecule has 0 heterocycles. The van der Waals surface area contributed by atoms with Crippen LogP contribution in [0.2, 0.25) is 15.1 Å². The van der Waals surface area contributed by atoms with Gasteiger partial charge in [0.15, 0.2) is 5.78 Å². The lowest BCUT2D eigenvalue weighted by atomic mass is 10.1. The first-order valence-corrected chi connectivity index (χ1v) is 6.42. The topological polar surface area (TPSA) is 43.4 Å². The molecule has 0 radical (unpaired) electrons. The normalized spacial score (nSPS) is 10.2. The first-order valence-electron chi connectivity index (χ1n) is 5.29. The average molecular weight is 310 g/mol. The van der Waals surface area contributed by atoms with E-state index >= 15 is 0 Å². The molecule has 0 fully saturated rings. The number of Topliss-reactive ketones (excluding diaryl/α,β-unsaturated/α-hetero) is 1. The predicted octanol–water partition coefficient (Wildman–Crippen LogP) is 4.17. The largest absolute Gasteiger partial charge is 0.466 e. The van der Waals surface area contributed by atoms with Crippen molar-refractivity contribution < 1.29 is 14.3 Å². The van der Waals surface area contributed by atoms with E-state index in [-0.39, 0.29) is 33.7 Å². The fourth-order valence-electron chi connectivity index (χ4n) is 1.31. The van der Waals surface area contributed by atoms with Gasteiger partial charge in [-0.15, -0.1) is 0 Å². The molecule has 1 aromatic rings. The van der Waals surface area contributed by atoms with Gasteiger partial charge < -0.3 is 4.74 Å². The molecule has 0 saturated carbocycles. The first kappa shape index (κ1) is 15.3. The third-order valence-electron chi connectivity index (χ3n) is 2.17. The van der Waals surface area contributed by atoms with Crippen LogP contribution in [-0.2, 0) is 9.53 Å². The Morgan fingerprint density at radius 2 is 1.67 bits per heavy atom. The average Bonchev–Trinajstić information content (AvgIpc) is 2.32. The summed E-state index contributed by atoms with van der Waals surface area (Å²) in [6.07, 6.45) is 0.0810. The molecule has 3 nitrogen and oxygen atoms in total. The second-order valence-electron chi connectivity index (χ2n) is 3.48. The number of ketones is 1. The van der Waals surface area contributed by atoms with E-state index in [1.54, 1.807) is 6.92 Å². The van der Waals surface area contributed by atoms with Crippen LogP contribution < -0.4 is 0 Å². The second kappa shape index (κ2) is 6.98. The molecule has 0 amide bonds. The number of hydrogen-bond donors (Lipinski definition) is 0. The van der Waals surface area contributed by atoms with Crippen LogP contribution in [-0.4, -0.2) is 18.4 Å². The van der Waals surface area contributed by atoms with Crippen molar-refractivity contribution in [3.05, 3.63) is 32.8 Å². The summed E-state index contributed by atoms with van der Waals surface area (Å²) in [5, 5.41) is 0.632. The number of hydrogen-bond acceptors (Lipinski definition) is 3. The monoisotopic (exact) mass is 308 g/mol. The summed E-state index contributed by atoms with van der Waals surface area (Å²) >= 11 is 17.4. The van der Waals surface area contributed by atoms with Gasteiger partial charge in [-0.2, -0.15) is 0 Å². The van der Waals surface area contributed by atoms with Crippen LogP contribution in [0.25, 0.3) is 0 Å². The van der Waals surface area contributed by atoms with E-state index in [0.29, 0.717) is 12.2 Å². The standard InChI is InChI=1S/C12H11Cl3O3/c1-2-18-11(17)4-3-10(16)7-5-8(13)12(15)9(14)6-7/h5-6H,2-4H2,1H3. The summed E-state index contributed by atoms with van der Waals surface area (Å²) in [5.41, 5.74) is 0.332. The van der Waals surface area contributed by atoms with Gasteiger partial charge in [-0.25, -0.2) is 0 Å². The van der Waals surface area contributed by atoms with Gasteiger partial charge in [0.2, 0.25) is 0 Å². The highest BCUT2D eigenvalue weighted by molar-refractivity contribution is 6.48. The van der Waals surface area contributed by atoms with Crippen LogP contribution in [0.5, 0.6) is 0 Å². The minimum atomic E-state index is -0.406. The smallest absolute Gasteiger partial charge is 0.306 e. The molecule has 0 saturated heterocycles. The van der Waals surface area contributed by atoms with Crippen molar-refractivity contribution in [2.45, 2.75) is 19.8 Å². The van der Waals surface area contributed by atoms with Crippen molar-refractivity contribution in [2.75, 3.05) is 6.61 Å². The van der Waals surface area contributed by atoms with Crippen LogP contribution in [0.4, 0.5) is 0 Å². The van der Waals surface area contributed by atoms with E-state index < -0.39 is 5.97 Å². The third kappa shape index (κ3) is 4.16. The van der Waals surface area contributed by atoms with Crippen LogP contribution in [0.3, 0.4) is 0 Å². The number of halogens is 3. The molecule has 6 heteroatoms. The van der Waals surface area contributed by atoms with E-state index in [1.165, 1.54) is 12.1 Å². The Bertz CT molecular complexity index is 449. The maximum absolute atomic E-state index is 11.8. The van der Waals surface area contributed by atoms with Crippen molar-refractivity contribution in [2.24, 2.45) is 0 Å². The Kier molecular flexibility index (Phi) is 5.93. The van der Waals surface area contributed by atoms with E-state index in [0.717, 1.165) is 0 Å². The van der Waals surface area contributed by atoms with Gasteiger partial charge in [-0.3, -0.25) is 9.59 Å². The molecule has 18 heavy (non-hydrogen) atoms. The maximum Gasteiger partial charge on any atom is 0.306 e. The number of ether oxygens (including phenoxy) is 1. The quantitative estimate of drug-likeness (QED) is 0.466. The van der Waals surface area contributed by atoms with Crippen molar-refractivity contribution >= 4 is 46.6 Å². The Morgan fingerprint density at radius 1 is 1.11 bits per heavy atom. The Balaban J connectivity index is 2.70. The van der Waals surface area contributed by atoms with Crippen LogP contribution in [0, 0.1) is 0 Å². The summed E-state index contributed by atoms with van der Waals surface area (Å²) in [6.45, 7) is 2.00. The molecular weight excluding hydrogens is 298 g/mol. The van der Waals surface area contributed by atoms with Crippen LogP contribution in [0.15, 0.2) is 12.1 Å². The lowest BCUT2D eigenvalue weighted by Gasteiger charge is -2.05. The number of rotatable bonds is 5. The Morgan fingerprint density at radius 3 is 2.17 bits per heavy atom. The molecular formula is C12H11Cl3O3. The van der Waals surface area contributed by atoms with Crippen molar-refractivity contribution in [3.63, 3.8) is 0 Å². The second-order valence-corrected chi connectivity index (χ2v) is 4.67. The molecule has 1 rings (SSSR count). The minimum Gasteiger partial charge on any atom is -0.466 e. The van der Waals surface area contributed by atoms with Crippen molar-refractivity contribution in [1.82, 2.24) is 0 Å². The summed E-state index contributed by atoms with van der Waals surface area (Å²) in [4.78, 5) is 22.9. The van der Waals surface area contributed by atoms with Gasteiger partial charge in [0.05, 0.1) is 28.1 Å². The fourth-order valence-corrected chi connectivity index (χ4v) is 1.91. The lowest BCUT2D eigenvalue weighted by Crippen LogP contribution is -2.08. The van der Waals surface area contributed by atoms with E-state index in [2.05, 4.69) is 0 Å². The number of benzene rings is 1. The molecule has 0 atom stereocenters. The molecule has 0 aliphatic carbocycles. The third-order valence-corrected chi connectivity index (χ3v) is 3.36. The Hall–Kier alpha value is -0.770. The maximum atomic E-state index is 11.8. The number of carbonyl (C=O) groups is 2. The highest BCUT2D eigenvalue weighted by Crippen LogP contribution is 2.31. The van der Waals surface area contributed by atoms with E-state index in [1.807, 2.05) is 0 Å². The molecule has 0 bridgehead atoms. The summed E-state index contributed by atoms with van der Waals surface area (Å²) in [6, 6.07) is 2.87. The van der Waals surface area contributed by atoms with Gasteiger partial charge in [-0.1, -0.05) is 34.8 Å². The molecule has 0 spiro atoms. The molecule has 0 aliphatic heterocycles. The summed E-state index contributed by atoms with van der Waals surface area (Å²) < 4.78 is 4.73. The zero-order chi connectivity index (χ0) is 13.7. The molecule has 0 aliphatic rings. The van der Waals surface area contributed by atoms with Gasteiger partial charge in [0.25, 0.3) is 0 Å². The number of esters is 1. The zero-order valence-corrected chi connectivity index (χ0v) is 11.9. The first-order chi connectivity index (χ1) is 8.45. The molecule has 0 N–H and O–H groups in total. The van der Waals surface area contributed by atoms with Crippen LogP contribution >= 0.6 is 34.8 Å². The predicted molar refractivity (Wildman–Crippen MR) is 71.7 cm³/mol. The van der Waals surface area contributed by atoms with Crippen molar-refractivity contribution in [3.8, 4) is 0 Å². The fraction of sp³-hybridized carbons (Fsp3) is 0.333. The number of carbonyl (C=O) groups excluding carboxylic acids is 2. The summed E-state index contributed by atoms with van der Waals surface area (Å²) in [7, 11) is 0. The summed E-state index contributed by atoms with van der Waals surface area (Å²) in [5.74, 6) is -0.638. The Labute approximate surface area is 120 Å². The lowest BCUT2D eigenvalue weighted by molar-refractivity contribution is -0.143. The van der Waals surface area contributed by atoms with Crippen LogP contribution in [0.1, 0.15) is 30.1 Å².